The first-order valence-electron chi connectivity index (χ1n) is 8.41. The van der Waals surface area contributed by atoms with E-state index in [1.807, 2.05) is 32.0 Å². The molecule has 0 bridgehead atoms. The van der Waals surface area contributed by atoms with E-state index in [0.717, 1.165) is 41.9 Å². The normalized spacial score (nSPS) is 13.0. The fraction of sp³-hybridized carbons (Fsp3) is 0.389. The highest BCUT2D eigenvalue weighted by atomic mass is 32.1. The largest absolute Gasteiger partial charge is 0.462 e. The van der Waals surface area contributed by atoms with E-state index < -0.39 is 0 Å². The van der Waals surface area contributed by atoms with E-state index >= 15 is 0 Å². The minimum atomic E-state index is -0.277. The molecule has 0 amide bonds. The van der Waals surface area contributed by atoms with Crippen molar-refractivity contribution < 1.29 is 9.53 Å². The van der Waals surface area contributed by atoms with Crippen LogP contribution in [0, 0.1) is 6.92 Å². The number of nitrogens with zero attached hydrogens (tertiary/aromatic N) is 1. The Hall–Kier alpha value is -1.99. The SMILES string of the molecule is CCOC(=O)c1c(NC(=S)Nc2cccc(C)n2)sc2c1CCCC2. The van der Waals surface area contributed by atoms with Crippen LogP contribution in [0.25, 0.3) is 0 Å². The number of carbonyl (C=O) groups is 1. The van der Waals surface area contributed by atoms with Gasteiger partial charge in [-0.2, -0.15) is 0 Å². The van der Waals surface area contributed by atoms with Crippen LogP contribution in [0.15, 0.2) is 18.2 Å². The predicted molar refractivity (Wildman–Crippen MR) is 106 cm³/mol. The zero-order valence-electron chi connectivity index (χ0n) is 14.3. The maximum Gasteiger partial charge on any atom is 0.341 e. The number of anilines is 2. The molecular weight excluding hydrogens is 354 g/mol. The topological polar surface area (TPSA) is 63.2 Å². The van der Waals surface area contributed by atoms with E-state index in [1.54, 1.807) is 11.3 Å². The molecule has 0 saturated carbocycles. The van der Waals surface area contributed by atoms with Crippen LogP contribution in [0.2, 0.25) is 0 Å². The minimum absolute atomic E-state index is 0.277. The van der Waals surface area contributed by atoms with Crippen molar-refractivity contribution >= 4 is 45.5 Å². The second-order valence-electron chi connectivity index (χ2n) is 5.88. The number of aryl methyl sites for hydroxylation is 2. The van der Waals surface area contributed by atoms with Crippen LogP contribution < -0.4 is 10.6 Å². The summed E-state index contributed by atoms with van der Waals surface area (Å²) >= 11 is 7.00. The van der Waals surface area contributed by atoms with E-state index in [9.17, 15) is 4.79 Å². The van der Waals surface area contributed by atoms with Crippen molar-refractivity contribution in [3.63, 3.8) is 0 Å². The van der Waals surface area contributed by atoms with Gasteiger partial charge < -0.3 is 15.4 Å². The van der Waals surface area contributed by atoms with Gasteiger partial charge in [-0.25, -0.2) is 9.78 Å². The van der Waals surface area contributed by atoms with Crippen LogP contribution in [-0.4, -0.2) is 22.7 Å². The number of aromatic nitrogens is 1. The zero-order valence-corrected chi connectivity index (χ0v) is 16.0. The maximum absolute atomic E-state index is 12.5. The number of thiocarbonyl (C=S) groups is 1. The monoisotopic (exact) mass is 375 g/mol. The molecular formula is C18H21N3O2S2. The fourth-order valence-corrected chi connectivity index (χ4v) is 4.49. The Morgan fingerprint density at radius 1 is 1.32 bits per heavy atom. The van der Waals surface area contributed by atoms with E-state index in [4.69, 9.17) is 17.0 Å². The molecule has 0 atom stereocenters. The number of thiophene rings is 1. The molecule has 2 N–H and O–H groups in total. The van der Waals surface area contributed by atoms with Crippen LogP contribution in [-0.2, 0) is 17.6 Å². The standard InChI is InChI=1S/C18H21N3O2S2/c1-3-23-17(22)15-12-8-4-5-9-13(12)25-16(15)21-18(24)20-14-10-6-7-11(2)19-14/h6-7,10H,3-5,8-9H2,1-2H3,(H2,19,20,21,24). The lowest BCUT2D eigenvalue weighted by atomic mass is 9.95. The number of ether oxygens (including phenoxy) is 1. The van der Waals surface area contributed by atoms with Crippen molar-refractivity contribution in [2.75, 3.05) is 17.2 Å². The first kappa shape index (κ1) is 17.8. The van der Waals surface area contributed by atoms with Gasteiger partial charge in [0.1, 0.15) is 10.8 Å². The van der Waals surface area contributed by atoms with Crippen molar-refractivity contribution in [3.05, 3.63) is 39.9 Å². The van der Waals surface area contributed by atoms with E-state index in [-0.39, 0.29) is 5.97 Å². The number of carbonyl (C=O) groups excluding carboxylic acids is 1. The van der Waals surface area contributed by atoms with Crippen molar-refractivity contribution in [1.82, 2.24) is 4.98 Å². The Morgan fingerprint density at radius 2 is 2.12 bits per heavy atom. The Labute approximate surface area is 156 Å². The molecule has 3 rings (SSSR count). The minimum Gasteiger partial charge on any atom is -0.462 e. The van der Waals surface area contributed by atoms with Gasteiger partial charge in [0.25, 0.3) is 0 Å². The average molecular weight is 376 g/mol. The summed E-state index contributed by atoms with van der Waals surface area (Å²) in [7, 11) is 0. The van der Waals surface area contributed by atoms with Gasteiger partial charge in [0.05, 0.1) is 12.2 Å². The van der Waals surface area contributed by atoms with Gasteiger partial charge in [0, 0.05) is 10.6 Å². The average Bonchev–Trinajstić information content (AvgIpc) is 2.92. The molecule has 1 aliphatic rings. The summed E-state index contributed by atoms with van der Waals surface area (Å²) in [6.07, 6.45) is 4.19. The molecule has 1 aliphatic carbocycles. The molecule has 0 unspecified atom stereocenters. The summed E-state index contributed by atoms with van der Waals surface area (Å²) in [6.45, 7) is 4.10. The highest BCUT2D eigenvalue weighted by Crippen LogP contribution is 2.38. The lowest BCUT2D eigenvalue weighted by Crippen LogP contribution is -2.21. The molecule has 5 nitrogen and oxygen atoms in total. The number of rotatable bonds is 4. The Kier molecular flexibility index (Phi) is 5.65. The molecule has 0 fully saturated rings. The zero-order chi connectivity index (χ0) is 17.8. The van der Waals surface area contributed by atoms with E-state index in [0.29, 0.717) is 23.1 Å². The van der Waals surface area contributed by atoms with Crippen molar-refractivity contribution in [2.45, 2.75) is 39.5 Å². The van der Waals surface area contributed by atoms with E-state index in [1.165, 1.54) is 4.88 Å². The summed E-state index contributed by atoms with van der Waals surface area (Å²) in [5.41, 5.74) is 2.67. The molecule has 0 radical (unpaired) electrons. The van der Waals surface area contributed by atoms with Crippen LogP contribution in [0.1, 0.15) is 46.3 Å². The molecule has 25 heavy (non-hydrogen) atoms. The lowest BCUT2D eigenvalue weighted by molar-refractivity contribution is 0.0526. The van der Waals surface area contributed by atoms with Crippen molar-refractivity contribution in [3.8, 4) is 0 Å². The second-order valence-corrected chi connectivity index (χ2v) is 7.39. The van der Waals surface area contributed by atoms with Gasteiger partial charge in [0.15, 0.2) is 5.11 Å². The number of esters is 1. The van der Waals surface area contributed by atoms with Crippen LogP contribution in [0.4, 0.5) is 10.8 Å². The third kappa shape index (κ3) is 4.16. The van der Waals surface area contributed by atoms with Gasteiger partial charge in [-0.15, -0.1) is 11.3 Å². The summed E-state index contributed by atoms with van der Waals surface area (Å²) in [5.74, 6) is 0.400. The summed E-state index contributed by atoms with van der Waals surface area (Å²) < 4.78 is 5.26. The maximum atomic E-state index is 12.5. The quantitative estimate of drug-likeness (QED) is 0.613. The Bertz CT molecular complexity index is 802. The third-order valence-corrected chi connectivity index (χ3v) is 5.42. The number of fused-ring (bicyclic) bond motifs is 1. The van der Waals surface area contributed by atoms with Gasteiger partial charge in [-0.05, 0) is 69.4 Å². The Morgan fingerprint density at radius 3 is 2.88 bits per heavy atom. The van der Waals surface area contributed by atoms with E-state index in [2.05, 4.69) is 15.6 Å². The van der Waals surface area contributed by atoms with Gasteiger partial charge >= 0.3 is 5.97 Å². The first-order chi connectivity index (χ1) is 12.1. The number of pyridine rings is 1. The van der Waals surface area contributed by atoms with Gasteiger partial charge in [-0.3, -0.25) is 0 Å². The molecule has 2 aromatic rings. The summed E-state index contributed by atoms with van der Waals surface area (Å²) in [4.78, 5) is 18.1. The van der Waals surface area contributed by atoms with Crippen molar-refractivity contribution in [1.29, 1.82) is 0 Å². The van der Waals surface area contributed by atoms with Gasteiger partial charge in [0.2, 0.25) is 0 Å². The van der Waals surface area contributed by atoms with Crippen LogP contribution in [0.3, 0.4) is 0 Å². The predicted octanol–water partition coefficient (Wildman–Crippen LogP) is 4.32. The number of hydrogen-bond acceptors (Lipinski definition) is 5. The Balaban J connectivity index is 1.82. The second kappa shape index (κ2) is 7.93. The summed E-state index contributed by atoms with van der Waals surface area (Å²) in [6, 6.07) is 5.70. The van der Waals surface area contributed by atoms with Gasteiger partial charge in [-0.1, -0.05) is 6.07 Å². The fourth-order valence-electron chi connectivity index (χ4n) is 2.94. The highest BCUT2D eigenvalue weighted by Gasteiger charge is 2.26. The first-order valence-corrected chi connectivity index (χ1v) is 9.64. The van der Waals surface area contributed by atoms with Crippen molar-refractivity contribution in [2.24, 2.45) is 0 Å². The molecule has 2 heterocycles. The molecule has 0 saturated heterocycles. The molecule has 0 spiro atoms. The third-order valence-electron chi connectivity index (χ3n) is 4.01. The van der Waals surface area contributed by atoms with Crippen LogP contribution in [0.5, 0.6) is 0 Å². The molecule has 7 heteroatoms. The number of hydrogen-bond donors (Lipinski definition) is 2. The highest BCUT2D eigenvalue weighted by molar-refractivity contribution is 7.80. The molecule has 132 valence electrons. The smallest absolute Gasteiger partial charge is 0.341 e. The molecule has 0 aliphatic heterocycles. The number of nitrogens with one attached hydrogen (secondary N) is 2. The lowest BCUT2D eigenvalue weighted by Gasteiger charge is -2.13. The van der Waals surface area contributed by atoms with Crippen LogP contribution >= 0.6 is 23.6 Å². The summed E-state index contributed by atoms with van der Waals surface area (Å²) in [5, 5.41) is 7.43. The molecule has 2 aromatic heterocycles. The molecule has 0 aromatic carbocycles.